The van der Waals surface area contributed by atoms with Crippen molar-refractivity contribution in [2.75, 3.05) is 20.3 Å². The predicted molar refractivity (Wildman–Crippen MR) is 121 cm³/mol. The van der Waals surface area contributed by atoms with E-state index in [9.17, 15) is 4.79 Å². The highest BCUT2D eigenvalue weighted by Gasteiger charge is 2.66. The lowest BCUT2D eigenvalue weighted by Gasteiger charge is -2.45. The highest BCUT2D eigenvalue weighted by atomic mass is 16.5. The maximum Gasteiger partial charge on any atom is 0.262 e. The Bertz CT molecular complexity index is 1040. The number of guanidine groups is 1. The molecule has 1 aromatic rings. The van der Waals surface area contributed by atoms with Crippen molar-refractivity contribution >= 4 is 11.9 Å². The number of nitrogens with two attached hydrogens (primary N) is 1. The highest BCUT2D eigenvalue weighted by Crippen LogP contribution is 2.62. The van der Waals surface area contributed by atoms with Crippen LogP contribution in [0.5, 0.6) is 0 Å². The van der Waals surface area contributed by atoms with Gasteiger partial charge in [-0.05, 0) is 74.6 Å². The molecule has 2 heterocycles. The number of aliphatic imine (C=N–C) groups is 1. The maximum absolute atomic E-state index is 14.2. The fourth-order valence-electron chi connectivity index (χ4n) is 6.16. The Morgan fingerprint density at radius 3 is 2.69 bits per heavy atom. The van der Waals surface area contributed by atoms with E-state index in [2.05, 4.69) is 30.0 Å². The van der Waals surface area contributed by atoms with Crippen LogP contribution >= 0.6 is 0 Å². The number of benzene rings is 1. The lowest BCUT2D eigenvalue weighted by atomic mass is 9.61. The summed E-state index contributed by atoms with van der Waals surface area (Å²) in [5, 5.41) is 0. The molecule has 3 aliphatic carbocycles. The van der Waals surface area contributed by atoms with Gasteiger partial charge in [-0.2, -0.15) is 0 Å². The largest absolute Gasteiger partial charge is 0.381 e. The van der Waals surface area contributed by atoms with Crippen LogP contribution in [0.2, 0.25) is 0 Å². The van der Waals surface area contributed by atoms with Gasteiger partial charge in [0, 0.05) is 30.6 Å². The summed E-state index contributed by atoms with van der Waals surface area (Å²) in [6.45, 7) is 1.24. The van der Waals surface area contributed by atoms with Gasteiger partial charge >= 0.3 is 0 Å². The van der Waals surface area contributed by atoms with Crippen molar-refractivity contribution in [2.45, 2.75) is 69.1 Å². The first kappa shape index (κ1) is 20.3. The normalized spacial score (nSPS) is 35.5. The van der Waals surface area contributed by atoms with E-state index in [1.807, 2.05) is 0 Å². The van der Waals surface area contributed by atoms with Gasteiger partial charge in [-0.15, -0.1) is 0 Å². The van der Waals surface area contributed by atoms with Crippen molar-refractivity contribution in [3.05, 3.63) is 34.9 Å². The topological polar surface area (TPSA) is 77.2 Å². The Kier molecular flexibility index (Phi) is 4.64. The maximum atomic E-state index is 14.2. The summed E-state index contributed by atoms with van der Waals surface area (Å²) < 4.78 is 11.3. The van der Waals surface area contributed by atoms with E-state index < -0.39 is 5.54 Å². The van der Waals surface area contributed by atoms with Crippen molar-refractivity contribution < 1.29 is 14.3 Å². The minimum Gasteiger partial charge on any atom is -0.381 e. The molecule has 6 nitrogen and oxygen atoms in total. The second-order valence-electron chi connectivity index (χ2n) is 10.2. The van der Waals surface area contributed by atoms with E-state index in [-0.39, 0.29) is 23.5 Å². The standard InChI is InChI=1S/C26H31N3O3/c1-31-20-8-11-25(12-9-20)15-19-7-6-18(5-4-17-2-3-17)14-22(19)26(25)23(30)29(24(27)28-26)16-21-10-13-32-21/h6-7,14,17,20-21H,2-3,8-13,15-16H2,1H3,(H2,27,28)/t20-,21?,25-,26-/m1/s1. The Morgan fingerprint density at radius 2 is 2.03 bits per heavy atom. The van der Waals surface area contributed by atoms with Gasteiger partial charge in [0.15, 0.2) is 11.5 Å². The van der Waals surface area contributed by atoms with E-state index in [1.54, 1.807) is 12.0 Å². The number of amides is 1. The molecular formula is C26H31N3O3. The van der Waals surface area contributed by atoms with Crippen molar-refractivity contribution in [2.24, 2.45) is 22.1 Å². The fourth-order valence-corrected chi connectivity index (χ4v) is 6.16. The molecule has 5 aliphatic rings. The second-order valence-corrected chi connectivity index (χ2v) is 10.2. The van der Waals surface area contributed by atoms with Crippen LogP contribution in [0.3, 0.4) is 0 Å². The Balaban J connectivity index is 1.43. The smallest absolute Gasteiger partial charge is 0.262 e. The zero-order valence-corrected chi connectivity index (χ0v) is 18.7. The molecule has 0 bridgehead atoms. The highest BCUT2D eigenvalue weighted by molar-refractivity contribution is 6.08. The van der Waals surface area contributed by atoms with Gasteiger partial charge in [0.2, 0.25) is 0 Å². The van der Waals surface area contributed by atoms with Crippen LogP contribution in [-0.4, -0.2) is 49.2 Å². The van der Waals surface area contributed by atoms with Gasteiger partial charge in [0.1, 0.15) is 0 Å². The average molecular weight is 434 g/mol. The molecule has 168 valence electrons. The molecule has 2 N–H and O–H groups in total. The van der Waals surface area contributed by atoms with E-state index >= 15 is 0 Å². The SMILES string of the molecule is CO[C@H]1CC[C@]2(CC1)Cc1ccc(C#CC3CC3)cc1[C@]21N=C(N)N(CC2CCO2)C1=O. The zero-order valence-electron chi connectivity index (χ0n) is 18.7. The van der Waals surface area contributed by atoms with Gasteiger partial charge in [0.25, 0.3) is 5.91 Å². The fraction of sp³-hybridized carbons (Fsp3) is 0.615. The van der Waals surface area contributed by atoms with Crippen LogP contribution in [0.4, 0.5) is 0 Å². The summed E-state index contributed by atoms with van der Waals surface area (Å²) in [5.41, 5.74) is 8.43. The third-order valence-corrected chi connectivity index (χ3v) is 8.31. The van der Waals surface area contributed by atoms with Crippen LogP contribution in [0, 0.1) is 23.2 Å². The first-order valence-electron chi connectivity index (χ1n) is 12.0. The van der Waals surface area contributed by atoms with Crippen molar-refractivity contribution in [3.63, 3.8) is 0 Å². The molecule has 2 aliphatic heterocycles. The first-order valence-corrected chi connectivity index (χ1v) is 12.0. The summed E-state index contributed by atoms with van der Waals surface area (Å²) in [6.07, 6.45) is 8.20. The molecule has 6 rings (SSSR count). The zero-order chi connectivity index (χ0) is 21.9. The minimum atomic E-state index is -0.952. The molecule has 3 fully saturated rings. The summed E-state index contributed by atoms with van der Waals surface area (Å²) >= 11 is 0. The van der Waals surface area contributed by atoms with Crippen molar-refractivity contribution in [1.29, 1.82) is 0 Å². The lowest BCUT2D eigenvalue weighted by molar-refractivity contribution is -0.141. The molecule has 0 aromatic heterocycles. The molecule has 1 saturated heterocycles. The number of rotatable bonds is 3. The first-order chi connectivity index (χ1) is 15.5. The average Bonchev–Trinajstić information content (AvgIpc) is 3.52. The number of hydrogen-bond donors (Lipinski definition) is 1. The van der Waals surface area contributed by atoms with E-state index in [4.69, 9.17) is 20.2 Å². The molecule has 2 atom stereocenters. The van der Waals surface area contributed by atoms with Gasteiger partial charge in [-0.1, -0.05) is 17.9 Å². The van der Waals surface area contributed by atoms with Gasteiger partial charge in [0.05, 0.1) is 18.8 Å². The van der Waals surface area contributed by atoms with E-state index in [1.165, 1.54) is 18.4 Å². The molecule has 2 saturated carbocycles. The second kappa shape index (κ2) is 7.33. The predicted octanol–water partition coefficient (Wildman–Crippen LogP) is 2.72. The molecule has 1 amide bonds. The number of hydrogen-bond acceptors (Lipinski definition) is 5. The summed E-state index contributed by atoms with van der Waals surface area (Å²) in [5.74, 6) is 7.59. The molecule has 2 spiro atoms. The third-order valence-electron chi connectivity index (χ3n) is 8.31. The monoisotopic (exact) mass is 433 g/mol. The van der Waals surface area contributed by atoms with Crippen molar-refractivity contribution in [1.82, 2.24) is 4.90 Å². The van der Waals surface area contributed by atoms with Crippen LogP contribution in [0.1, 0.15) is 61.6 Å². The molecule has 1 unspecified atom stereocenters. The Hall–Kier alpha value is -2.36. The molecular weight excluding hydrogens is 402 g/mol. The van der Waals surface area contributed by atoms with Gasteiger partial charge in [-0.25, -0.2) is 4.99 Å². The number of fused-ring (bicyclic) bond motifs is 3. The van der Waals surface area contributed by atoms with Gasteiger partial charge < -0.3 is 15.2 Å². The van der Waals surface area contributed by atoms with Crippen LogP contribution < -0.4 is 5.73 Å². The summed E-state index contributed by atoms with van der Waals surface area (Å²) in [6, 6.07) is 6.40. The number of carbonyl (C=O) groups is 1. The number of carbonyl (C=O) groups excluding carboxylic acids is 1. The van der Waals surface area contributed by atoms with Gasteiger partial charge in [-0.3, -0.25) is 9.69 Å². The Labute approximate surface area is 189 Å². The van der Waals surface area contributed by atoms with E-state index in [0.717, 1.165) is 56.3 Å². The number of methoxy groups -OCH3 is 1. The lowest BCUT2D eigenvalue weighted by Crippen LogP contribution is -2.54. The summed E-state index contributed by atoms with van der Waals surface area (Å²) in [4.78, 5) is 20.9. The van der Waals surface area contributed by atoms with Crippen molar-refractivity contribution in [3.8, 4) is 11.8 Å². The summed E-state index contributed by atoms with van der Waals surface area (Å²) in [7, 11) is 1.78. The molecule has 32 heavy (non-hydrogen) atoms. The van der Waals surface area contributed by atoms with E-state index in [0.29, 0.717) is 18.4 Å². The minimum absolute atomic E-state index is 0.0208. The molecule has 1 aromatic carbocycles. The number of ether oxygens (including phenoxy) is 2. The quantitative estimate of drug-likeness (QED) is 0.744. The molecule has 6 heteroatoms. The molecule has 0 radical (unpaired) electrons. The van der Waals surface area contributed by atoms with Crippen LogP contribution in [0.15, 0.2) is 23.2 Å². The Morgan fingerprint density at radius 1 is 1.25 bits per heavy atom. The van der Waals surface area contributed by atoms with Crippen LogP contribution in [0.25, 0.3) is 0 Å². The number of nitrogens with zero attached hydrogens (tertiary/aromatic N) is 2. The third kappa shape index (κ3) is 2.94. The van der Waals surface area contributed by atoms with Crippen LogP contribution in [-0.2, 0) is 26.2 Å².